The summed E-state index contributed by atoms with van der Waals surface area (Å²) in [7, 11) is 0. The van der Waals surface area contributed by atoms with Crippen LogP contribution in [-0.4, -0.2) is 22.8 Å². The van der Waals surface area contributed by atoms with Crippen molar-refractivity contribution in [2.45, 2.75) is 40.0 Å². The van der Waals surface area contributed by atoms with E-state index in [1.54, 1.807) is 6.07 Å². The highest BCUT2D eigenvalue weighted by atomic mass is 16.5. The average molecular weight is 354 g/mol. The zero-order chi connectivity index (χ0) is 19.4. The molecule has 0 aromatic heterocycles. The summed E-state index contributed by atoms with van der Waals surface area (Å²) in [6.07, 6.45) is 0.702. The Labute approximate surface area is 154 Å². The number of allylic oxidation sites excluding steroid dienone is 1. The SMILES string of the molecule is C=C(C)c1cc(OCC(=O)O)cc(C)c1Cc1ccc(O)c(C(C)C)c1. The highest BCUT2D eigenvalue weighted by Gasteiger charge is 2.13. The van der Waals surface area contributed by atoms with E-state index in [2.05, 4.69) is 20.4 Å². The zero-order valence-electron chi connectivity index (χ0n) is 15.8. The van der Waals surface area contributed by atoms with Crippen molar-refractivity contribution in [2.24, 2.45) is 0 Å². The molecule has 26 heavy (non-hydrogen) atoms. The summed E-state index contributed by atoms with van der Waals surface area (Å²) in [5, 5.41) is 18.8. The molecular formula is C22H26O4. The highest BCUT2D eigenvalue weighted by Crippen LogP contribution is 2.31. The first-order chi connectivity index (χ1) is 12.2. The lowest BCUT2D eigenvalue weighted by atomic mass is 9.90. The smallest absolute Gasteiger partial charge is 0.341 e. The minimum atomic E-state index is -1.01. The first-order valence-electron chi connectivity index (χ1n) is 8.64. The quantitative estimate of drug-likeness (QED) is 0.741. The Bertz CT molecular complexity index is 834. The van der Waals surface area contributed by atoms with Crippen molar-refractivity contribution in [2.75, 3.05) is 6.61 Å². The third-order valence-corrected chi connectivity index (χ3v) is 4.36. The summed E-state index contributed by atoms with van der Waals surface area (Å²) in [6.45, 7) is 11.7. The van der Waals surface area contributed by atoms with E-state index in [0.29, 0.717) is 17.9 Å². The van der Waals surface area contributed by atoms with Crippen molar-refractivity contribution in [3.05, 3.63) is 64.7 Å². The highest BCUT2D eigenvalue weighted by molar-refractivity contribution is 5.70. The molecule has 2 N–H and O–H groups in total. The second-order valence-electron chi connectivity index (χ2n) is 6.95. The largest absolute Gasteiger partial charge is 0.508 e. The molecule has 0 radical (unpaired) electrons. The third kappa shape index (κ3) is 4.66. The Morgan fingerprint density at radius 1 is 1.23 bits per heavy atom. The molecule has 0 aliphatic rings. The fraction of sp³-hybridized carbons (Fsp3) is 0.318. The van der Waals surface area contributed by atoms with Crippen LogP contribution in [0.1, 0.15) is 54.5 Å². The molecule has 0 aliphatic heterocycles. The van der Waals surface area contributed by atoms with Gasteiger partial charge in [0.2, 0.25) is 0 Å². The minimum Gasteiger partial charge on any atom is -0.508 e. The lowest BCUT2D eigenvalue weighted by molar-refractivity contribution is -0.139. The van der Waals surface area contributed by atoms with E-state index in [-0.39, 0.29) is 12.5 Å². The lowest BCUT2D eigenvalue weighted by Crippen LogP contribution is -2.10. The topological polar surface area (TPSA) is 66.8 Å². The van der Waals surface area contributed by atoms with Crippen LogP contribution in [0.15, 0.2) is 36.9 Å². The molecule has 2 rings (SSSR count). The number of hydrogen-bond acceptors (Lipinski definition) is 3. The molecule has 0 atom stereocenters. The predicted octanol–water partition coefficient (Wildman–Crippen LogP) is 4.91. The van der Waals surface area contributed by atoms with Crippen LogP contribution >= 0.6 is 0 Å². The molecule has 2 aromatic carbocycles. The standard InChI is InChI=1S/C22H26O4/c1-13(2)18-11-17(26-12-22(24)25)8-15(5)20(18)10-16-6-7-21(23)19(9-16)14(3)4/h6-9,11,14,23H,1,10,12H2,2-5H3,(H,24,25). The van der Waals surface area contributed by atoms with E-state index in [9.17, 15) is 9.90 Å². The molecule has 138 valence electrons. The van der Waals surface area contributed by atoms with Crippen LogP contribution in [0.4, 0.5) is 0 Å². The maximum atomic E-state index is 10.7. The normalized spacial score (nSPS) is 10.8. The van der Waals surface area contributed by atoms with Crippen molar-refractivity contribution < 1.29 is 19.7 Å². The number of aromatic hydroxyl groups is 1. The van der Waals surface area contributed by atoms with E-state index in [1.165, 1.54) is 0 Å². The predicted molar refractivity (Wildman–Crippen MR) is 104 cm³/mol. The molecule has 0 unspecified atom stereocenters. The van der Waals surface area contributed by atoms with Gasteiger partial charge in [-0.25, -0.2) is 4.79 Å². The Morgan fingerprint density at radius 3 is 2.50 bits per heavy atom. The van der Waals surface area contributed by atoms with Gasteiger partial charge < -0.3 is 14.9 Å². The van der Waals surface area contributed by atoms with Crippen molar-refractivity contribution in [1.29, 1.82) is 0 Å². The number of benzene rings is 2. The molecular weight excluding hydrogens is 328 g/mol. The molecule has 0 bridgehead atoms. The number of aryl methyl sites for hydroxylation is 1. The van der Waals surface area contributed by atoms with Gasteiger partial charge in [-0.05, 0) is 72.2 Å². The second-order valence-corrected chi connectivity index (χ2v) is 6.95. The summed E-state index contributed by atoms with van der Waals surface area (Å²) in [5.74, 6) is 0.0793. The van der Waals surface area contributed by atoms with E-state index < -0.39 is 5.97 Å². The number of phenolic OH excluding ortho intramolecular Hbond substituents is 1. The summed E-state index contributed by atoms with van der Waals surface area (Å²) in [4.78, 5) is 10.7. The number of ether oxygens (including phenoxy) is 1. The van der Waals surface area contributed by atoms with Gasteiger partial charge in [0.1, 0.15) is 11.5 Å². The molecule has 4 nitrogen and oxygen atoms in total. The molecule has 0 saturated heterocycles. The summed E-state index contributed by atoms with van der Waals surface area (Å²) in [6, 6.07) is 9.41. The summed E-state index contributed by atoms with van der Waals surface area (Å²) < 4.78 is 5.34. The van der Waals surface area contributed by atoms with Crippen LogP contribution < -0.4 is 4.74 Å². The van der Waals surface area contributed by atoms with E-state index >= 15 is 0 Å². The van der Waals surface area contributed by atoms with Gasteiger partial charge in [-0.1, -0.05) is 38.1 Å². The zero-order valence-corrected chi connectivity index (χ0v) is 15.8. The number of carboxylic acid groups (broad SMARTS) is 1. The summed E-state index contributed by atoms with van der Waals surface area (Å²) >= 11 is 0. The number of phenols is 1. The Hall–Kier alpha value is -2.75. The molecule has 0 heterocycles. The number of hydrogen-bond donors (Lipinski definition) is 2. The van der Waals surface area contributed by atoms with Gasteiger partial charge >= 0.3 is 5.97 Å². The Kier molecular flexibility index (Phi) is 6.09. The van der Waals surface area contributed by atoms with Gasteiger partial charge in [0, 0.05) is 0 Å². The average Bonchev–Trinajstić information content (AvgIpc) is 2.55. The first kappa shape index (κ1) is 19.6. The fourth-order valence-corrected chi connectivity index (χ4v) is 3.01. The molecule has 0 amide bonds. The van der Waals surface area contributed by atoms with Crippen molar-refractivity contribution in [3.63, 3.8) is 0 Å². The molecule has 2 aromatic rings. The summed E-state index contributed by atoms with van der Waals surface area (Å²) in [5.41, 5.74) is 6.04. The van der Waals surface area contributed by atoms with Gasteiger partial charge in [0.05, 0.1) is 0 Å². The number of carboxylic acids is 1. The van der Waals surface area contributed by atoms with Gasteiger partial charge in [-0.15, -0.1) is 0 Å². The third-order valence-electron chi connectivity index (χ3n) is 4.36. The van der Waals surface area contributed by atoms with Crippen LogP contribution in [0.3, 0.4) is 0 Å². The van der Waals surface area contributed by atoms with Crippen LogP contribution in [0.25, 0.3) is 5.57 Å². The Balaban J connectivity index is 2.41. The molecule has 0 aliphatic carbocycles. The number of carbonyl (C=O) groups is 1. The molecule has 4 heteroatoms. The minimum absolute atomic E-state index is 0.239. The van der Waals surface area contributed by atoms with Crippen LogP contribution in [-0.2, 0) is 11.2 Å². The van der Waals surface area contributed by atoms with Gasteiger partial charge in [-0.2, -0.15) is 0 Å². The van der Waals surface area contributed by atoms with Crippen LogP contribution in [0, 0.1) is 6.92 Å². The van der Waals surface area contributed by atoms with Crippen molar-refractivity contribution in [1.82, 2.24) is 0 Å². The van der Waals surface area contributed by atoms with Crippen LogP contribution in [0.2, 0.25) is 0 Å². The molecule has 0 saturated carbocycles. The molecule has 0 spiro atoms. The Morgan fingerprint density at radius 2 is 1.92 bits per heavy atom. The van der Waals surface area contributed by atoms with Crippen molar-refractivity contribution >= 4 is 11.5 Å². The van der Waals surface area contributed by atoms with Gasteiger partial charge in [0.25, 0.3) is 0 Å². The molecule has 0 fully saturated rings. The van der Waals surface area contributed by atoms with Crippen molar-refractivity contribution in [3.8, 4) is 11.5 Å². The van der Waals surface area contributed by atoms with E-state index in [4.69, 9.17) is 9.84 Å². The van der Waals surface area contributed by atoms with Gasteiger partial charge in [-0.3, -0.25) is 0 Å². The number of rotatable bonds is 7. The maximum Gasteiger partial charge on any atom is 0.341 e. The lowest BCUT2D eigenvalue weighted by Gasteiger charge is -2.17. The number of aliphatic carboxylic acids is 1. The maximum absolute atomic E-state index is 10.7. The van der Waals surface area contributed by atoms with Gasteiger partial charge in [0.15, 0.2) is 6.61 Å². The first-order valence-corrected chi connectivity index (χ1v) is 8.64. The second kappa shape index (κ2) is 8.09. The van der Waals surface area contributed by atoms with E-state index in [0.717, 1.165) is 33.4 Å². The van der Waals surface area contributed by atoms with E-state index in [1.807, 2.05) is 38.1 Å². The fourth-order valence-electron chi connectivity index (χ4n) is 3.01. The van der Waals surface area contributed by atoms with Crippen LogP contribution in [0.5, 0.6) is 11.5 Å². The monoisotopic (exact) mass is 354 g/mol.